The second-order valence-electron chi connectivity index (χ2n) is 5.93. The Hall–Kier alpha value is -2.80. The zero-order valence-electron chi connectivity index (χ0n) is 15.1. The molecule has 144 valence electrons. The van der Waals surface area contributed by atoms with Crippen molar-refractivity contribution in [3.63, 3.8) is 0 Å². The predicted molar refractivity (Wildman–Crippen MR) is 98.0 cm³/mol. The fraction of sp³-hybridized carbons (Fsp3) is 0.300. The van der Waals surface area contributed by atoms with Gasteiger partial charge in [-0.05, 0) is 24.6 Å². The average Bonchev–Trinajstić information content (AvgIpc) is 2.64. The van der Waals surface area contributed by atoms with Gasteiger partial charge in [-0.15, -0.1) is 0 Å². The number of carbonyl (C=O) groups is 2. The molecular weight excluding hydrogens is 354 g/mol. The normalized spacial score (nSPS) is 10.7. The van der Waals surface area contributed by atoms with Crippen molar-refractivity contribution in [3.05, 3.63) is 65.7 Å². The van der Waals surface area contributed by atoms with Crippen molar-refractivity contribution >= 4 is 17.6 Å². The fourth-order valence-electron chi connectivity index (χ4n) is 2.50. The summed E-state index contributed by atoms with van der Waals surface area (Å²) in [4.78, 5) is 25.7. The number of benzene rings is 2. The molecule has 1 amide bonds. The van der Waals surface area contributed by atoms with Crippen LogP contribution in [0.4, 0.5) is 14.5 Å². The number of rotatable bonds is 9. The molecule has 2 aromatic carbocycles. The summed E-state index contributed by atoms with van der Waals surface area (Å²) < 4.78 is 31.1. The molecule has 0 unspecified atom stereocenters. The van der Waals surface area contributed by atoms with Gasteiger partial charge in [-0.25, -0.2) is 8.78 Å². The first kappa shape index (κ1) is 20.5. The summed E-state index contributed by atoms with van der Waals surface area (Å²) in [7, 11) is 0. The number of amides is 1. The minimum absolute atomic E-state index is 0.0567. The van der Waals surface area contributed by atoms with E-state index in [1.807, 2.05) is 30.3 Å². The Morgan fingerprint density at radius 1 is 1.07 bits per heavy atom. The summed E-state index contributed by atoms with van der Waals surface area (Å²) >= 11 is 0. The molecule has 7 heteroatoms. The Kier molecular flexibility index (Phi) is 7.88. The number of esters is 1. The second kappa shape index (κ2) is 10.4. The molecule has 2 rings (SSSR count). The van der Waals surface area contributed by atoms with E-state index in [1.165, 1.54) is 6.07 Å². The maximum absolute atomic E-state index is 13.2. The molecule has 0 spiro atoms. The Balaban J connectivity index is 1.93. The van der Waals surface area contributed by atoms with Crippen LogP contribution in [-0.4, -0.2) is 36.5 Å². The first-order chi connectivity index (χ1) is 13.0. The fourth-order valence-corrected chi connectivity index (χ4v) is 2.50. The van der Waals surface area contributed by atoms with E-state index >= 15 is 0 Å². The third-order valence-electron chi connectivity index (χ3n) is 3.77. The number of hydrogen-bond donors (Lipinski definition) is 1. The number of nitrogens with one attached hydrogen (secondary N) is 1. The van der Waals surface area contributed by atoms with Crippen LogP contribution in [-0.2, 0) is 20.9 Å². The van der Waals surface area contributed by atoms with Gasteiger partial charge in [-0.2, -0.15) is 0 Å². The van der Waals surface area contributed by atoms with E-state index in [-0.39, 0.29) is 37.1 Å². The van der Waals surface area contributed by atoms with Crippen molar-refractivity contribution < 1.29 is 23.1 Å². The van der Waals surface area contributed by atoms with Crippen LogP contribution in [0.2, 0.25) is 0 Å². The van der Waals surface area contributed by atoms with Gasteiger partial charge in [0.15, 0.2) is 11.6 Å². The third-order valence-corrected chi connectivity index (χ3v) is 3.77. The van der Waals surface area contributed by atoms with Crippen molar-refractivity contribution in [2.45, 2.75) is 19.9 Å². The summed E-state index contributed by atoms with van der Waals surface area (Å²) in [5, 5.41) is 2.52. The van der Waals surface area contributed by atoms with E-state index in [4.69, 9.17) is 4.74 Å². The van der Waals surface area contributed by atoms with Gasteiger partial charge in [-0.3, -0.25) is 14.5 Å². The van der Waals surface area contributed by atoms with Crippen LogP contribution in [0, 0.1) is 11.6 Å². The van der Waals surface area contributed by atoms with Gasteiger partial charge < -0.3 is 10.1 Å². The Bertz CT molecular complexity index is 769. The lowest BCUT2D eigenvalue weighted by Gasteiger charge is -2.21. The first-order valence-corrected chi connectivity index (χ1v) is 8.64. The smallest absolute Gasteiger partial charge is 0.320 e. The van der Waals surface area contributed by atoms with Crippen LogP contribution in [0.15, 0.2) is 48.5 Å². The number of halogens is 2. The number of nitrogens with zero attached hydrogens (tertiary/aromatic N) is 1. The Morgan fingerprint density at radius 2 is 1.81 bits per heavy atom. The maximum Gasteiger partial charge on any atom is 0.320 e. The van der Waals surface area contributed by atoms with Gasteiger partial charge in [0.25, 0.3) is 0 Å². The molecule has 0 saturated heterocycles. The molecule has 2 aromatic rings. The second-order valence-corrected chi connectivity index (χ2v) is 5.93. The molecular formula is C20H22F2N2O3. The molecule has 0 aliphatic heterocycles. The number of anilines is 1. The molecule has 0 bridgehead atoms. The van der Waals surface area contributed by atoms with Gasteiger partial charge in [0.05, 0.1) is 13.2 Å². The summed E-state index contributed by atoms with van der Waals surface area (Å²) in [6, 6.07) is 12.7. The molecule has 1 N–H and O–H groups in total. The number of carbonyl (C=O) groups excluding carboxylic acids is 2. The van der Waals surface area contributed by atoms with Crippen molar-refractivity contribution in [2.75, 3.05) is 25.0 Å². The molecule has 5 nitrogen and oxygen atoms in total. The Morgan fingerprint density at radius 3 is 2.48 bits per heavy atom. The van der Waals surface area contributed by atoms with Crippen molar-refractivity contribution in [2.24, 2.45) is 0 Å². The van der Waals surface area contributed by atoms with E-state index in [2.05, 4.69) is 5.32 Å². The Labute approximate surface area is 156 Å². The average molecular weight is 376 g/mol. The molecule has 0 heterocycles. The lowest BCUT2D eigenvalue weighted by atomic mass is 10.2. The largest absolute Gasteiger partial charge is 0.465 e. The lowest BCUT2D eigenvalue weighted by Crippen LogP contribution is -2.33. The van der Waals surface area contributed by atoms with Crippen LogP contribution in [0.3, 0.4) is 0 Å². The molecule has 0 saturated carbocycles. The molecule has 0 aromatic heterocycles. The quantitative estimate of drug-likeness (QED) is 0.682. The van der Waals surface area contributed by atoms with Crippen molar-refractivity contribution in [1.29, 1.82) is 0 Å². The van der Waals surface area contributed by atoms with Gasteiger partial charge >= 0.3 is 5.97 Å². The zero-order chi connectivity index (χ0) is 19.6. The molecule has 27 heavy (non-hydrogen) atoms. The van der Waals surface area contributed by atoms with Gasteiger partial charge in [0, 0.05) is 31.3 Å². The maximum atomic E-state index is 13.2. The van der Waals surface area contributed by atoms with Gasteiger partial charge in [-0.1, -0.05) is 30.3 Å². The van der Waals surface area contributed by atoms with Crippen molar-refractivity contribution in [1.82, 2.24) is 4.90 Å². The molecule has 0 atom stereocenters. The van der Waals surface area contributed by atoms with E-state index in [0.717, 1.165) is 17.7 Å². The zero-order valence-corrected chi connectivity index (χ0v) is 15.1. The summed E-state index contributed by atoms with van der Waals surface area (Å²) in [6.07, 6.45) is 0.0885. The molecule has 0 fully saturated rings. The highest BCUT2D eigenvalue weighted by molar-refractivity contribution is 5.90. The van der Waals surface area contributed by atoms with Crippen LogP contribution in [0.25, 0.3) is 0 Å². The summed E-state index contributed by atoms with van der Waals surface area (Å²) in [5.74, 6) is -2.73. The van der Waals surface area contributed by atoms with Crippen LogP contribution < -0.4 is 5.32 Å². The number of hydrogen-bond acceptors (Lipinski definition) is 4. The number of ether oxygens (including phenoxy) is 1. The van der Waals surface area contributed by atoms with Crippen molar-refractivity contribution in [3.8, 4) is 0 Å². The van der Waals surface area contributed by atoms with E-state index in [9.17, 15) is 18.4 Å². The highest BCUT2D eigenvalue weighted by Gasteiger charge is 2.14. The molecule has 0 radical (unpaired) electrons. The molecule has 0 aliphatic carbocycles. The minimum atomic E-state index is -1.03. The monoisotopic (exact) mass is 376 g/mol. The summed E-state index contributed by atoms with van der Waals surface area (Å²) in [5.41, 5.74) is 1.18. The highest BCUT2D eigenvalue weighted by Crippen LogP contribution is 2.13. The third kappa shape index (κ3) is 7.15. The lowest BCUT2D eigenvalue weighted by molar-refractivity contribution is -0.144. The van der Waals surface area contributed by atoms with E-state index < -0.39 is 11.6 Å². The standard InChI is InChI=1S/C20H22F2N2O3/c1-2-27-20(26)14-24(13-15-6-4-3-5-7-15)11-10-19(25)23-16-8-9-17(21)18(22)12-16/h3-9,12H,2,10-11,13-14H2,1H3,(H,23,25). The minimum Gasteiger partial charge on any atom is -0.465 e. The molecule has 0 aliphatic rings. The predicted octanol–water partition coefficient (Wildman–Crippen LogP) is 3.36. The van der Waals surface area contributed by atoms with Gasteiger partial charge in [0.1, 0.15) is 0 Å². The van der Waals surface area contributed by atoms with Crippen LogP contribution >= 0.6 is 0 Å². The summed E-state index contributed by atoms with van der Waals surface area (Å²) in [6.45, 7) is 2.87. The van der Waals surface area contributed by atoms with E-state index in [0.29, 0.717) is 13.1 Å². The first-order valence-electron chi connectivity index (χ1n) is 8.64. The van der Waals surface area contributed by atoms with Crippen LogP contribution in [0.1, 0.15) is 18.9 Å². The topological polar surface area (TPSA) is 58.6 Å². The van der Waals surface area contributed by atoms with Crippen LogP contribution in [0.5, 0.6) is 0 Å². The van der Waals surface area contributed by atoms with E-state index in [1.54, 1.807) is 11.8 Å². The SMILES string of the molecule is CCOC(=O)CN(CCC(=O)Nc1ccc(F)c(F)c1)Cc1ccccc1. The van der Waals surface area contributed by atoms with Gasteiger partial charge in [0.2, 0.25) is 5.91 Å². The highest BCUT2D eigenvalue weighted by atomic mass is 19.2.